The first kappa shape index (κ1) is 14.2. The highest BCUT2D eigenvalue weighted by Gasteiger charge is 2.32. The second kappa shape index (κ2) is 5.93. The average molecular weight is 289 g/mol. The third-order valence-corrected chi connectivity index (χ3v) is 4.62. The third-order valence-electron chi connectivity index (χ3n) is 4.62. The number of carbonyl (C=O) groups is 1. The Kier molecular flexibility index (Phi) is 4.01. The molecule has 2 aliphatic heterocycles. The van der Waals surface area contributed by atoms with Crippen LogP contribution in [0.3, 0.4) is 0 Å². The van der Waals surface area contributed by atoms with E-state index in [1.54, 1.807) is 19.2 Å². The van der Waals surface area contributed by atoms with E-state index in [-0.39, 0.29) is 5.91 Å². The molecule has 0 spiro atoms. The molecule has 0 bridgehead atoms. The summed E-state index contributed by atoms with van der Waals surface area (Å²) >= 11 is 0. The van der Waals surface area contributed by atoms with Crippen molar-refractivity contribution in [3.63, 3.8) is 0 Å². The van der Waals surface area contributed by atoms with E-state index in [2.05, 4.69) is 4.90 Å². The molecule has 1 atom stereocenters. The van der Waals surface area contributed by atoms with Gasteiger partial charge in [0.15, 0.2) is 0 Å². The van der Waals surface area contributed by atoms with Crippen molar-refractivity contribution in [2.45, 2.75) is 25.3 Å². The van der Waals surface area contributed by atoms with Gasteiger partial charge in [0.05, 0.1) is 18.4 Å². The van der Waals surface area contributed by atoms with E-state index in [1.165, 1.54) is 25.9 Å². The zero-order chi connectivity index (χ0) is 14.8. The highest BCUT2D eigenvalue weighted by molar-refractivity contribution is 6.00. The van der Waals surface area contributed by atoms with Gasteiger partial charge in [0.1, 0.15) is 5.75 Å². The summed E-state index contributed by atoms with van der Waals surface area (Å²) in [5.41, 5.74) is 7.03. The lowest BCUT2D eigenvalue weighted by Gasteiger charge is -2.24. The standard InChI is InChI=1S/C16H23N3O2/c1-21-14-6-4-5-13(15(14)17)16(20)19-10-7-12(11-19)18-8-2-3-9-18/h4-6,12H,2-3,7-11,17H2,1H3. The number of methoxy groups -OCH3 is 1. The van der Waals surface area contributed by atoms with Gasteiger partial charge in [-0.05, 0) is 44.5 Å². The molecule has 5 nitrogen and oxygen atoms in total. The van der Waals surface area contributed by atoms with E-state index in [9.17, 15) is 4.79 Å². The number of hydrogen-bond acceptors (Lipinski definition) is 4. The second-order valence-electron chi connectivity index (χ2n) is 5.86. The summed E-state index contributed by atoms with van der Waals surface area (Å²) in [5, 5.41) is 0. The van der Waals surface area contributed by atoms with Crippen LogP contribution in [-0.4, -0.2) is 55.0 Å². The Morgan fingerprint density at radius 1 is 1.29 bits per heavy atom. The number of carbonyl (C=O) groups excluding carboxylic acids is 1. The number of nitrogens with two attached hydrogens (primary N) is 1. The van der Waals surface area contributed by atoms with Crippen LogP contribution in [0.25, 0.3) is 0 Å². The fourth-order valence-corrected chi connectivity index (χ4v) is 3.41. The van der Waals surface area contributed by atoms with Gasteiger partial charge in [0.2, 0.25) is 0 Å². The molecule has 2 aliphatic rings. The first-order valence-corrected chi connectivity index (χ1v) is 7.66. The summed E-state index contributed by atoms with van der Waals surface area (Å²) in [5.74, 6) is 0.587. The molecule has 0 radical (unpaired) electrons. The van der Waals surface area contributed by atoms with E-state index in [0.717, 1.165) is 19.5 Å². The van der Waals surface area contributed by atoms with Crippen LogP contribution in [0.1, 0.15) is 29.6 Å². The number of hydrogen-bond donors (Lipinski definition) is 1. The molecule has 0 aliphatic carbocycles. The molecule has 114 valence electrons. The molecule has 2 fully saturated rings. The zero-order valence-electron chi connectivity index (χ0n) is 12.5. The first-order chi connectivity index (χ1) is 10.2. The maximum atomic E-state index is 12.7. The predicted molar refractivity (Wildman–Crippen MR) is 82.5 cm³/mol. The lowest BCUT2D eigenvalue weighted by molar-refractivity contribution is 0.0781. The number of nitrogens with zero attached hydrogens (tertiary/aromatic N) is 2. The molecule has 5 heteroatoms. The minimum atomic E-state index is 0.0214. The lowest BCUT2D eigenvalue weighted by atomic mass is 10.1. The van der Waals surface area contributed by atoms with Gasteiger partial charge in [0, 0.05) is 19.1 Å². The van der Waals surface area contributed by atoms with Crippen molar-refractivity contribution in [3.8, 4) is 5.75 Å². The van der Waals surface area contributed by atoms with E-state index in [1.807, 2.05) is 11.0 Å². The molecule has 1 amide bonds. The topological polar surface area (TPSA) is 58.8 Å². The number of anilines is 1. The summed E-state index contributed by atoms with van der Waals surface area (Å²) in [6.45, 7) is 3.98. The van der Waals surface area contributed by atoms with Gasteiger partial charge in [-0.25, -0.2) is 0 Å². The van der Waals surface area contributed by atoms with E-state index in [0.29, 0.717) is 23.0 Å². The Hall–Kier alpha value is -1.75. The van der Waals surface area contributed by atoms with Crippen LogP contribution in [0, 0.1) is 0 Å². The minimum Gasteiger partial charge on any atom is -0.495 e. The largest absolute Gasteiger partial charge is 0.495 e. The van der Waals surface area contributed by atoms with Gasteiger partial charge >= 0.3 is 0 Å². The SMILES string of the molecule is COc1cccc(C(=O)N2CCC(N3CCCC3)C2)c1N. The molecule has 1 aromatic carbocycles. The Balaban J connectivity index is 1.71. The summed E-state index contributed by atoms with van der Waals surface area (Å²) in [6, 6.07) is 5.89. The van der Waals surface area contributed by atoms with Gasteiger partial charge in [0.25, 0.3) is 5.91 Å². The number of ether oxygens (including phenoxy) is 1. The number of rotatable bonds is 3. The highest BCUT2D eigenvalue weighted by Crippen LogP contribution is 2.28. The summed E-state index contributed by atoms with van der Waals surface area (Å²) in [6.07, 6.45) is 3.64. The van der Waals surface area contributed by atoms with Crippen molar-refractivity contribution in [1.82, 2.24) is 9.80 Å². The van der Waals surface area contributed by atoms with Gasteiger partial charge in [-0.2, -0.15) is 0 Å². The summed E-state index contributed by atoms with van der Waals surface area (Å²) < 4.78 is 5.20. The molecule has 3 rings (SSSR count). The minimum absolute atomic E-state index is 0.0214. The Morgan fingerprint density at radius 3 is 2.76 bits per heavy atom. The molecule has 0 saturated carbocycles. The summed E-state index contributed by atoms with van der Waals surface area (Å²) in [7, 11) is 1.57. The normalized spacial score (nSPS) is 22.7. The Morgan fingerprint density at radius 2 is 2.05 bits per heavy atom. The molecule has 1 aromatic rings. The smallest absolute Gasteiger partial charge is 0.256 e. The van der Waals surface area contributed by atoms with Crippen molar-refractivity contribution in [1.29, 1.82) is 0 Å². The van der Waals surface area contributed by atoms with Crippen LogP contribution in [0.2, 0.25) is 0 Å². The molecule has 2 heterocycles. The number of para-hydroxylation sites is 1. The molecule has 0 aromatic heterocycles. The van der Waals surface area contributed by atoms with E-state index in [4.69, 9.17) is 10.5 Å². The molecular weight excluding hydrogens is 266 g/mol. The molecule has 2 N–H and O–H groups in total. The lowest BCUT2D eigenvalue weighted by Crippen LogP contribution is -2.37. The van der Waals surface area contributed by atoms with Crippen LogP contribution in [0.4, 0.5) is 5.69 Å². The van der Waals surface area contributed by atoms with Crippen LogP contribution >= 0.6 is 0 Å². The molecular formula is C16H23N3O2. The monoisotopic (exact) mass is 289 g/mol. The van der Waals surface area contributed by atoms with Crippen LogP contribution in [-0.2, 0) is 0 Å². The third kappa shape index (κ3) is 2.70. The highest BCUT2D eigenvalue weighted by atomic mass is 16.5. The van der Waals surface area contributed by atoms with Gasteiger partial charge in [-0.3, -0.25) is 9.69 Å². The average Bonchev–Trinajstić information content (AvgIpc) is 3.17. The van der Waals surface area contributed by atoms with Crippen LogP contribution < -0.4 is 10.5 Å². The zero-order valence-corrected chi connectivity index (χ0v) is 12.5. The number of amides is 1. The number of benzene rings is 1. The molecule has 1 unspecified atom stereocenters. The van der Waals surface area contributed by atoms with Crippen molar-refractivity contribution in [3.05, 3.63) is 23.8 Å². The molecule has 21 heavy (non-hydrogen) atoms. The van der Waals surface area contributed by atoms with E-state index < -0.39 is 0 Å². The van der Waals surface area contributed by atoms with Crippen LogP contribution in [0.5, 0.6) is 5.75 Å². The Bertz CT molecular complexity index is 526. The predicted octanol–water partition coefficient (Wildman–Crippen LogP) is 1.59. The quantitative estimate of drug-likeness (QED) is 0.859. The maximum absolute atomic E-state index is 12.7. The van der Waals surface area contributed by atoms with Crippen molar-refractivity contribution in [2.75, 3.05) is 39.0 Å². The number of likely N-dealkylation sites (tertiary alicyclic amines) is 2. The second-order valence-corrected chi connectivity index (χ2v) is 5.86. The fraction of sp³-hybridized carbons (Fsp3) is 0.562. The fourth-order valence-electron chi connectivity index (χ4n) is 3.41. The van der Waals surface area contributed by atoms with Crippen molar-refractivity contribution >= 4 is 11.6 Å². The van der Waals surface area contributed by atoms with E-state index >= 15 is 0 Å². The van der Waals surface area contributed by atoms with Gasteiger partial charge in [-0.1, -0.05) is 6.07 Å². The van der Waals surface area contributed by atoms with Crippen molar-refractivity contribution in [2.24, 2.45) is 0 Å². The Labute approximate surface area is 125 Å². The first-order valence-electron chi connectivity index (χ1n) is 7.66. The number of nitrogen functional groups attached to an aromatic ring is 1. The molecule has 2 saturated heterocycles. The summed E-state index contributed by atoms with van der Waals surface area (Å²) in [4.78, 5) is 17.1. The van der Waals surface area contributed by atoms with Gasteiger partial charge in [-0.15, -0.1) is 0 Å². The van der Waals surface area contributed by atoms with Crippen molar-refractivity contribution < 1.29 is 9.53 Å². The van der Waals surface area contributed by atoms with Crippen LogP contribution in [0.15, 0.2) is 18.2 Å². The maximum Gasteiger partial charge on any atom is 0.256 e. The van der Waals surface area contributed by atoms with Gasteiger partial charge < -0.3 is 15.4 Å².